The molecule has 0 atom stereocenters. The molecule has 1 aromatic heterocycles. The Balaban J connectivity index is 1.09. The van der Waals surface area contributed by atoms with E-state index in [1.165, 1.54) is 44.2 Å². The zero-order valence-corrected chi connectivity index (χ0v) is 32.9. The second-order valence-corrected chi connectivity index (χ2v) is 15.2. The van der Waals surface area contributed by atoms with E-state index in [0.717, 1.165) is 61.3 Å². The number of hydrogen-bond donors (Lipinski definition) is 0. The van der Waals surface area contributed by atoms with Crippen LogP contribution in [0.5, 0.6) is 0 Å². The lowest BCUT2D eigenvalue weighted by atomic mass is 9.88. The van der Waals surface area contributed by atoms with Gasteiger partial charge in [-0.3, -0.25) is 0 Å². The van der Waals surface area contributed by atoms with Crippen LogP contribution in [0.2, 0.25) is 0 Å². The minimum Gasteiger partial charge on any atom is -0.456 e. The van der Waals surface area contributed by atoms with E-state index >= 15 is 0 Å². The molecule has 0 aliphatic carbocycles. The highest BCUT2D eigenvalue weighted by atomic mass is 16.3. The van der Waals surface area contributed by atoms with E-state index in [2.05, 4.69) is 229 Å². The molecule has 11 aromatic rings. The zero-order valence-electron chi connectivity index (χ0n) is 32.9. The van der Waals surface area contributed by atoms with Crippen molar-refractivity contribution in [2.24, 2.45) is 0 Å². The van der Waals surface area contributed by atoms with Gasteiger partial charge in [0, 0.05) is 27.7 Å². The smallest absolute Gasteiger partial charge is 0.136 e. The Labute approximate surface area is 349 Å². The van der Waals surface area contributed by atoms with Crippen LogP contribution < -0.4 is 4.90 Å². The van der Waals surface area contributed by atoms with Gasteiger partial charge in [0.1, 0.15) is 11.2 Å². The molecular weight excluding hydrogens is 727 g/mol. The third-order valence-electron chi connectivity index (χ3n) is 11.7. The van der Waals surface area contributed by atoms with Gasteiger partial charge in [-0.05, 0) is 109 Å². The van der Waals surface area contributed by atoms with Crippen molar-refractivity contribution in [3.63, 3.8) is 0 Å². The van der Waals surface area contributed by atoms with E-state index in [0.29, 0.717) is 0 Å². The number of anilines is 3. The fraction of sp³-hybridized carbons (Fsp3) is 0. The van der Waals surface area contributed by atoms with Gasteiger partial charge >= 0.3 is 0 Å². The fourth-order valence-corrected chi connectivity index (χ4v) is 8.86. The maximum atomic E-state index is 6.28. The van der Waals surface area contributed by atoms with Crippen LogP contribution in [0.1, 0.15) is 0 Å². The minimum atomic E-state index is 0.895. The van der Waals surface area contributed by atoms with Crippen molar-refractivity contribution in [2.45, 2.75) is 0 Å². The molecule has 0 N–H and O–H groups in total. The van der Waals surface area contributed by atoms with Crippen LogP contribution in [-0.2, 0) is 0 Å². The summed E-state index contributed by atoms with van der Waals surface area (Å²) in [5, 5.41) is 4.73. The summed E-state index contributed by atoms with van der Waals surface area (Å²) in [5.74, 6) is 0. The minimum absolute atomic E-state index is 0.895. The maximum Gasteiger partial charge on any atom is 0.136 e. The first-order chi connectivity index (χ1) is 29.8. The summed E-state index contributed by atoms with van der Waals surface area (Å²) in [6.07, 6.45) is 0. The Bertz CT molecular complexity index is 3320. The van der Waals surface area contributed by atoms with Gasteiger partial charge in [0.05, 0.1) is 5.69 Å². The monoisotopic (exact) mass is 765 g/mol. The van der Waals surface area contributed by atoms with E-state index in [9.17, 15) is 0 Å². The van der Waals surface area contributed by atoms with E-state index in [4.69, 9.17) is 4.42 Å². The Morgan fingerprint density at radius 2 is 0.817 bits per heavy atom. The van der Waals surface area contributed by atoms with E-state index in [-0.39, 0.29) is 0 Å². The highest BCUT2D eigenvalue weighted by molar-refractivity contribution is 6.12. The predicted molar refractivity (Wildman–Crippen MR) is 253 cm³/mol. The van der Waals surface area contributed by atoms with Gasteiger partial charge in [-0.1, -0.05) is 188 Å². The fourth-order valence-electron chi connectivity index (χ4n) is 8.86. The second-order valence-electron chi connectivity index (χ2n) is 15.2. The van der Waals surface area contributed by atoms with Crippen LogP contribution in [0.15, 0.2) is 241 Å². The van der Waals surface area contributed by atoms with Gasteiger partial charge in [0.2, 0.25) is 0 Å². The summed E-state index contributed by atoms with van der Waals surface area (Å²) in [7, 11) is 0. The summed E-state index contributed by atoms with van der Waals surface area (Å²) >= 11 is 0. The van der Waals surface area contributed by atoms with E-state index < -0.39 is 0 Å². The lowest BCUT2D eigenvalue weighted by Crippen LogP contribution is -2.11. The molecule has 0 saturated heterocycles. The van der Waals surface area contributed by atoms with Crippen molar-refractivity contribution in [1.29, 1.82) is 0 Å². The van der Waals surface area contributed by atoms with Crippen LogP contribution in [0.3, 0.4) is 0 Å². The molecule has 2 heteroatoms. The predicted octanol–water partition coefficient (Wildman–Crippen LogP) is 16.5. The lowest BCUT2D eigenvalue weighted by Gasteiger charge is -2.29. The van der Waals surface area contributed by atoms with Gasteiger partial charge in [0.25, 0.3) is 0 Å². The Kier molecular flexibility index (Phi) is 8.87. The summed E-state index contributed by atoms with van der Waals surface area (Å²) in [5.41, 5.74) is 16.8. The van der Waals surface area contributed by atoms with Crippen molar-refractivity contribution in [3.8, 4) is 55.6 Å². The normalized spacial score (nSPS) is 11.3. The standard InChI is InChI=1S/C58H39NO/c1-2-17-41(18-3-1)48-22-6-7-23-50(48)51-24-8-9-25-52(51)53-26-10-12-29-55(53)59(47-21-14-20-44(39-47)45-33-32-40-16-4-5-19-43(40)38-45)46-36-34-42(35-37-46)49-28-15-31-57-58(49)54-27-11-13-30-56(54)60-57/h1-39H. The molecule has 1 heterocycles. The first kappa shape index (κ1) is 35.2. The maximum absolute atomic E-state index is 6.28. The number of furan rings is 1. The number of benzene rings is 10. The van der Waals surface area contributed by atoms with Gasteiger partial charge in [-0.15, -0.1) is 0 Å². The molecule has 282 valence electrons. The molecule has 10 aromatic carbocycles. The number of para-hydroxylation sites is 2. The summed E-state index contributed by atoms with van der Waals surface area (Å²) < 4.78 is 6.28. The molecule has 2 nitrogen and oxygen atoms in total. The van der Waals surface area contributed by atoms with Crippen molar-refractivity contribution in [2.75, 3.05) is 4.90 Å². The number of hydrogen-bond acceptors (Lipinski definition) is 2. The van der Waals surface area contributed by atoms with Crippen LogP contribution >= 0.6 is 0 Å². The van der Waals surface area contributed by atoms with Crippen LogP contribution in [0, 0.1) is 0 Å². The highest BCUT2D eigenvalue weighted by Crippen LogP contribution is 2.46. The molecule has 0 bridgehead atoms. The first-order valence-corrected chi connectivity index (χ1v) is 20.5. The number of fused-ring (bicyclic) bond motifs is 4. The van der Waals surface area contributed by atoms with Gasteiger partial charge in [0.15, 0.2) is 0 Å². The van der Waals surface area contributed by atoms with Crippen LogP contribution in [0.4, 0.5) is 17.1 Å². The zero-order chi connectivity index (χ0) is 39.8. The number of rotatable bonds is 8. The second kappa shape index (κ2) is 15.1. The molecule has 0 spiro atoms. The summed E-state index contributed by atoms with van der Waals surface area (Å²) in [6.45, 7) is 0. The molecular formula is C58H39NO. The van der Waals surface area contributed by atoms with Gasteiger partial charge < -0.3 is 9.32 Å². The molecule has 0 aliphatic heterocycles. The average Bonchev–Trinajstić information content (AvgIpc) is 3.72. The molecule has 0 radical (unpaired) electrons. The lowest BCUT2D eigenvalue weighted by molar-refractivity contribution is 0.669. The highest BCUT2D eigenvalue weighted by Gasteiger charge is 2.21. The third kappa shape index (κ3) is 6.32. The van der Waals surface area contributed by atoms with Crippen molar-refractivity contribution in [3.05, 3.63) is 237 Å². The van der Waals surface area contributed by atoms with E-state index in [1.807, 2.05) is 12.1 Å². The molecule has 0 amide bonds. The quantitative estimate of drug-likeness (QED) is 0.153. The Hall–Kier alpha value is -7.94. The topological polar surface area (TPSA) is 16.4 Å². The van der Waals surface area contributed by atoms with Crippen LogP contribution in [-0.4, -0.2) is 0 Å². The van der Waals surface area contributed by atoms with Crippen LogP contribution in [0.25, 0.3) is 88.3 Å². The molecule has 60 heavy (non-hydrogen) atoms. The molecule has 0 saturated carbocycles. The van der Waals surface area contributed by atoms with Crippen molar-refractivity contribution < 1.29 is 4.42 Å². The van der Waals surface area contributed by atoms with E-state index in [1.54, 1.807) is 0 Å². The van der Waals surface area contributed by atoms with Gasteiger partial charge in [-0.2, -0.15) is 0 Å². The summed E-state index contributed by atoms with van der Waals surface area (Å²) in [6, 6.07) is 85.0. The first-order valence-electron chi connectivity index (χ1n) is 20.5. The Morgan fingerprint density at radius 3 is 1.63 bits per heavy atom. The number of nitrogens with zero attached hydrogens (tertiary/aromatic N) is 1. The third-order valence-corrected chi connectivity index (χ3v) is 11.7. The largest absolute Gasteiger partial charge is 0.456 e. The van der Waals surface area contributed by atoms with Gasteiger partial charge in [-0.25, -0.2) is 0 Å². The average molecular weight is 766 g/mol. The van der Waals surface area contributed by atoms with Crippen molar-refractivity contribution >= 4 is 49.8 Å². The SMILES string of the molecule is c1ccc(-c2ccccc2-c2ccccc2-c2ccccc2N(c2ccc(-c3cccc4oc5ccccc5c34)cc2)c2cccc(-c3ccc4ccccc4c3)c2)cc1. The molecule has 0 unspecified atom stereocenters. The molecule has 11 rings (SSSR count). The Morgan fingerprint density at radius 1 is 0.283 bits per heavy atom. The molecule has 0 fully saturated rings. The summed E-state index contributed by atoms with van der Waals surface area (Å²) in [4.78, 5) is 2.41. The van der Waals surface area contributed by atoms with Crippen molar-refractivity contribution in [1.82, 2.24) is 0 Å². The molecule has 0 aliphatic rings.